The zero-order chi connectivity index (χ0) is 41.1. The molecule has 1 aromatic carbocycles. The highest BCUT2D eigenvalue weighted by molar-refractivity contribution is 5.97. The second kappa shape index (κ2) is 18.0. The number of hydrogen-bond donors (Lipinski definition) is 6. The van der Waals surface area contributed by atoms with Gasteiger partial charge in [-0.15, -0.1) is 0 Å². The molecule has 3 aliphatic rings. The van der Waals surface area contributed by atoms with E-state index in [0.717, 1.165) is 0 Å². The molecule has 3 aliphatic heterocycles. The van der Waals surface area contributed by atoms with Gasteiger partial charge in [0, 0.05) is 33.9 Å². The van der Waals surface area contributed by atoms with E-state index in [1.165, 1.54) is 34.0 Å². The summed E-state index contributed by atoms with van der Waals surface area (Å²) in [6.45, 7) is 2.60. The number of methoxy groups -OCH3 is 3. The van der Waals surface area contributed by atoms with Gasteiger partial charge in [0.25, 0.3) is 6.29 Å². The van der Waals surface area contributed by atoms with Crippen molar-refractivity contribution in [1.82, 2.24) is 24.8 Å². The molecule has 57 heavy (non-hydrogen) atoms. The van der Waals surface area contributed by atoms with E-state index in [-0.39, 0.29) is 23.9 Å². The molecule has 0 radical (unpaired) electrons. The number of aliphatic hydroxyl groups excluding tert-OH is 5. The molecule has 3 aromatic rings. The van der Waals surface area contributed by atoms with Crippen LogP contribution in [0.4, 0.5) is 5.82 Å². The van der Waals surface area contributed by atoms with Gasteiger partial charge in [-0.25, -0.2) is 15.0 Å². The Morgan fingerprint density at radius 2 is 1.68 bits per heavy atom. The van der Waals surface area contributed by atoms with E-state index in [9.17, 15) is 30.3 Å². The summed E-state index contributed by atoms with van der Waals surface area (Å²) in [6.07, 6.45) is -7.09. The zero-order valence-electron chi connectivity index (χ0n) is 32.5. The highest BCUT2D eigenvalue weighted by atomic mass is 16.7. The minimum atomic E-state index is -1.52. The molecule has 20 nitrogen and oxygen atoms in total. The van der Waals surface area contributed by atoms with Crippen molar-refractivity contribution in [2.24, 2.45) is 0 Å². The Kier molecular flexibility index (Phi) is 13.3. The minimum Gasteiger partial charge on any atom is -0.495 e. The van der Waals surface area contributed by atoms with Crippen LogP contribution in [0.25, 0.3) is 17.2 Å². The third-order valence-electron chi connectivity index (χ3n) is 10.1. The van der Waals surface area contributed by atoms with Gasteiger partial charge in [0.1, 0.15) is 55.3 Å². The average molecular weight is 803 g/mol. The number of anilines is 1. The Bertz CT molecular complexity index is 1910. The summed E-state index contributed by atoms with van der Waals surface area (Å²) in [5, 5.41) is 56.5. The SMILES string of the molecule is CO/C(CO[C@H]1O[C@H](C)[C@@H](OC)[C@H](OC)[C@@H]1O)=C1\O[C@@H](Oc2ccc(/C=C(\C)C(=O)N[C@H]3[C@@H](O)[C@H](n4cnc5c(N(C)C)ncnc54)O[C@@H]3CO)cc2)[C@@H](O)[C@H]1O. The van der Waals surface area contributed by atoms with Crippen LogP contribution in [0.1, 0.15) is 25.6 Å². The molecular formula is C37H50N6O14. The highest BCUT2D eigenvalue weighted by Crippen LogP contribution is 2.34. The quantitative estimate of drug-likeness (QED) is 0.0862. The first-order valence-electron chi connectivity index (χ1n) is 18.2. The molecule has 5 heterocycles. The number of nitrogens with zero attached hydrogens (tertiary/aromatic N) is 5. The van der Waals surface area contributed by atoms with E-state index in [0.29, 0.717) is 28.1 Å². The maximum Gasteiger partial charge on any atom is 0.269 e. The number of nitrogens with one attached hydrogen (secondary N) is 1. The molecular weight excluding hydrogens is 752 g/mol. The average Bonchev–Trinajstić information content (AvgIpc) is 3.85. The molecule has 3 fully saturated rings. The lowest BCUT2D eigenvalue weighted by Crippen LogP contribution is -2.58. The summed E-state index contributed by atoms with van der Waals surface area (Å²) in [4.78, 5) is 28.1. The first-order chi connectivity index (χ1) is 27.3. The summed E-state index contributed by atoms with van der Waals surface area (Å²) in [5.74, 6) is 0.278. The fourth-order valence-electron chi connectivity index (χ4n) is 7.02. The Labute approximate surface area is 328 Å². The van der Waals surface area contributed by atoms with Gasteiger partial charge in [-0.1, -0.05) is 12.1 Å². The summed E-state index contributed by atoms with van der Waals surface area (Å²) in [7, 11) is 7.90. The number of aliphatic hydroxyl groups is 5. The van der Waals surface area contributed by atoms with E-state index in [1.54, 1.807) is 53.7 Å². The number of aromatic nitrogens is 4. The van der Waals surface area contributed by atoms with Crippen LogP contribution in [0.15, 0.2) is 54.0 Å². The number of rotatable bonds is 14. The molecule has 0 saturated carbocycles. The van der Waals surface area contributed by atoms with Crippen LogP contribution in [-0.4, -0.2) is 167 Å². The van der Waals surface area contributed by atoms with E-state index < -0.39 is 86.2 Å². The molecule has 6 N–H and O–H groups in total. The van der Waals surface area contributed by atoms with Crippen molar-refractivity contribution in [2.75, 3.05) is 53.5 Å². The first-order valence-corrected chi connectivity index (χ1v) is 18.2. The summed E-state index contributed by atoms with van der Waals surface area (Å²) < 4.78 is 46.9. The fraction of sp³-hybridized carbons (Fsp3) is 0.568. The number of carbonyl (C=O) groups is 1. The number of amides is 1. The van der Waals surface area contributed by atoms with Crippen molar-refractivity contribution >= 4 is 29.0 Å². The van der Waals surface area contributed by atoms with Gasteiger partial charge in [-0.05, 0) is 37.6 Å². The zero-order valence-corrected chi connectivity index (χ0v) is 32.5. The van der Waals surface area contributed by atoms with Crippen molar-refractivity contribution in [3.63, 3.8) is 0 Å². The number of ether oxygens (including phenoxy) is 8. The van der Waals surface area contributed by atoms with Crippen LogP contribution in [-0.2, 0) is 38.0 Å². The van der Waals surface area contributed by atoms with Gasteiger partial charge in [0.05, 0.1) is 32.2 Å². The molecule has 3 saturated heterocycles. The van der Waals surface area contributed by atoms with Gasteiger partial charge in [0.15, 0.2) is 47.1 Å². The Morgan fingerprint density at radius 3 is 2.33 bits per heavy atom. The van der Waals surface area contributed by atoms with E-state index >= 15 is 0 Å². The minimum absolute atomic E-state index is 0.0362. The highest BCUT2D eigenvalue weighted by Gasteiger charge is 2.48. The third kappa shape index (κ3) is 8.56. The lowest BCUT2D eigenvalue weighted by molar-refractivity contribution is -0.299. The Morgan fingerprint density at radius 1 is 0.965 bits per heavy atom. The largest absolute Gasteiger partial charge is 0.495 e. The van der Waals surface area contributed by atoms with Crippen molar-refractivity contribution in [1.29, 1.82) is 0 Å². The molecule has 0 spiro atoms. The van der Waals surface area contributed by atoms with Gasteiger partial charge >= 0.3 is 0 Å². The number of benzene rings is 1. The number of imidazole rings is 1. The van der Waals surface area contributed by atoms with Gasteiger partial charge in [-0.2, -0.15) is 0 Å². The molecule has 20 heteroatoms. The lowest BCUT2D eigenvalue weighted by atomic mass is 9.99. The van der Waals surface area contributed by atoms with Gasteiger partial charge in [0.2, 0.25) is 5.91 Å². The second-order valence-electron chi connectivity index (χ2n) is 14.0. The van der Waals surface area contributed by atoms with E-state index in [2.05, 4.69) is 20.3 Å². The molecule has 12 atom stereocenters. The van der Waals surface area contributed by atoms with Crippen LogP contribution < -0.4 is 15.0 Å². The van der Waals surface area contributed by atoms with Crippen molar-refractivity contribution < 1.29 is 68.2 Å². The summed E-state index contributed by atoms with van der Waals surface area (Å²) >= 11 is 0. The predicted octanol–water partition coefficient (Wildman–Crippen LogP) is -0.802. The van der Waals surface area contributed by atoms with Crippen LogP contribution >= 0.6 is 0 Å². The second-order valence-corrected chi connectivity index (χ2v) is 14.0. The standard InChI is InChI=1S/C37H50N6O14/c1-17(34(49)41-23-21(13-44)56-35(25(23)45)43-16-40-24-32(42(3)4)38-15-39-33(24)43)12-19-8-10-20(11-9-19)55-37-27(47)26(46)30(57-37)22(50-5)14-53-36-28(48)31(52-7)29(51-6)18(2)54-36/h8-12,15-16,18,21,23,25-29,31,35-37,44-48H,13-14H2,1-7H3,(H,41,49)/b17-12+,30-22-/t18-,21-,23-,25-,26-,27+,28+,29-,31-,35-,36+,37-/m1/s1. The van der Waals surface area contributed by atoms with Crippen molar-refractivity contribution in [2.45, 2.75) is 87.5 Å². The molecule has 0 bridgehead atoms. The molecule has 0 unspecified atom stereocenters. The third-order valence-corrected chi connectivity index (χ3v) is 10.1. The summed E-state index contributed by atoms with van der Waals surface area (Å²) in [6, 6.07) is 5.55. The molecule has 2 aromatic heterocycles. The predicted molar refractivity (Wildman–Crippen MR) is 198 cm³/mol. The number of hydrogen-bond acceptors (Lipinski definition) is 18. The maximum absolute atomic E-state index is 13.3. The van der Waals surface area contributed by atoms with Gasteiger partial charge < -0.3 is 73.6 Å². The fourth-order valence-corrected chi connectivity index (χ4v) is 7.02. The summed E-state index contributed by atoms with van der Waals surface area (Å²) in [5.41, 5.74) is 1.84. The van der Waals surface area contributed by atoms with Crippen LogP contribution in [0, 0.1) is 0 Å². The van der Waals surface area contributed by atoms with Crippen molar-refractivity contribution in [3.8, 4) is 5.75 Å². The number of carbonyl (C=O) groups excluding carboxylic acids is 1. The maximum atomic E-state index is 13.3. The van der Waals surface area contributed by atoms with Crippen LogP contribution in [0.3, 0.4) is 0 Å². The van der Waals surface area contributed by atoms with Crippen LogP contribution in [0.2, 0.25) is 0 Å². The monoisotopic (exact) mass is 802 g/mol. The van der Waals surface area contributed by atoms with Gasteiger partial charge in [-0.3, -0.25) is 9.36 Å². The Hall–Kier alpha value is -4.48. The van der Waals surface area contributed by atoms with Crippen LogP contribution in [0.5, 0.6) is 5.75 Å². The smallest absolute Gasteiger partial charge is 0.269 e. The molecule has 312 valence electrons. The normalized spacial score (nSPS) is 32.6. The first kappa shape index (κ1) is 42.1. The molecule has 1 amide bonds. The van der Waals surface area contributed by atoms with Crippen molar-refractivity contribution in [3.05, 3.63) is 59.6 Å². The molecule has 6 rings (SSSR count). The lowest BCUT2D eigenvalue weighted by Gasteiger charge is -2.42. The van der Waals surface area contributed by atoms with E-state index in [4.69, 9.17) is 37.9 Å². The van der Waals surface area contributed by atoms with E-state index in [1.807, 2.05) is 14.1 Å². The molecule has 0 aliphatic carbocycles. The topological polar surface area (TPSA) is 251 Å². The Balaban J connectivity index is 1.06. The number of fused-ring (bicyclic) bond motifs is 1.